The predicted molar refractivity (Wildman–Crippen MR) is 230 cm³/mol. The number of esters is 2. The van der Waals surface area contributed by atoms with Gasteiger partial charge in [0.2, 0.25) is 0 Å². The van der Waals surface area contributed by atoms with Crippen LogP contribution < -0.4 is 0 Å². The molecule has 326 valence electrons. The normalized spacial score (nSPS) is 12.4. The van der Waals surface area contributed by atoms with Crippen molar-refractivity contribution in [1.29, 1.82) is 0 Å². The molecule has 2 N–H and O–H groups in total. The zero-order chi connectivity index (χ0) is 40.3. The predicted octanol–water partition coefficient (Wildman–Crippen LogP) is 14.6. The van der Waals surface area contributed by atoms with E-state index in [-0.39, 0.29) is 19.4 Å². The Hall–Kier alpha value is -1.21. The highest BCUT2D eigenvalue weighted by atomic mass is 31.2. The van der Waals surface area contributed by atoms with Gasteiger partial charge in [0.1, 0.15) is 6.61 Å². The number of ether oxygens (including phenoxy) is 2. The molecule has 0 amide bonds. The molecule has 0 aliphatic carbocycles. The first kappa shape index (κ1) is 53.8. The molecule has 0 aliphatic rings. The molecule has 8 nitrogen and oxygen atoms in total. The lowest BCUT2D eigenvalue weighted by molar-refractivity contribution is -0.161. The lowest BCUT2D eigenvalue weighted by atomic mass is 10.0. The van der Waals surface area contributed by atoms with Crippen molar-refractivity contribution in [3.8, 4) is 0 Å². The summed E-state index contributed by atoms with van der Waals surface area (Å²) in [6, 6.07) is 0. The second-order valence-electron chi connectivity index (χ2n) is 16.1. The fourth-order valence-electron chi connectivity index (χ4n) is 7.04. The van der Waals surface area contributed by atoms with Crippen LogP contribution in [0.5, 0.6) is 0 Å². The number of phosphoric acid groups is 1. The molecule has 0 saturated heterocycles. The van der Waals surface area contributed by atoms with Crippen LogP contribution in [0.2, 0.25) is 0 Å². The number of hydrogen-bond acceptors (Lipinski definition) is 6. The minimum atomic E-state index is -4.76. The largest absolute Gasteiger partial charge is 0.469 e. The summed E-state index contributed by atoms with van der Waals surface area (Å²) < 4.78 is 26.4. The number of carbonyl (C=O) groups is 2. The van der Waals surface area contributed by atoms with Crippen LogP contribution in [0.25, 0.3) is 0 Å². The number of carbonyl (C=O) groups excluding carboxylic acids is 2. The molecule has 0 aromatic heterocycles. The maximum Gasteiger partial charge on any atom is 0.469 e. The number of unbranched alkanes of at least 4 members (excludes halogenated alkanes) is 32. The van der Waals surface area contributed by atoms with E-state index in [1.807, 2.05) is 6.08 Å². The van der Waals surface area contributed by atoms with Crippen molar-refractivity contribution in [2.45, 2.75) is 258 Å². The average molecular weight is 801 g/mol. The van der Waals surface area contributed by atoms with Crippen molar-refractivity contribution in [3.63, 3.8) is 0 Å². The van der Waals surface area contributed by atoms with Crippen LogP contribution in [0.4, 0.5) is 0 Å². The highest BCUT2D eigenvalue weighted by Gasteiger charge is 2.22. The summed E-state index contributed by atoms with van der Waals surface area (Å²) in [5.41, 5.74) is 0. The van der Waals surface area contributed by atoms with Gasteiger partial charge in [0.15, 0.2) is 6.10 Å². The van der Waals surface area contributed by atoms with Crippen molar-refractivity contribution in [1.82, 2.24) is 0 Å². The van der Waals surface area contributed by atoms with E-state index in [4.69, 9.17) is 19.3 Å². The molecule has 0 rings (SSSR count). The molecule has 0 unspecified atom stereocenters. The van der Waals surface area contributed by atoms with Gasteiger partial charge in [-0.1, -0.05) is 225 Å². The smallest absolute Gasteiger partial charge is 0.462 e. The van der Waals surface area contributed by atoms with Gasteiger partial charge in [-0.2, -0.15) is 0 Å². The Kier molecular flexibility index (Phi) is 41.5. The summed E-state index contributed by atoms with van der Waals surface area (Å²) >= 11 is 0. The molecule has 0 spiro atoms. The Labute approximate surface area is 339 Å². The molecule has 9 heteroatoms. The third-order valence-electron chi connectivity index (χ3n) is 10.5. The van der Waals surface area contributed by atoms with E-state index in [1.54, 1.807) is 0 Å². The van der Waals surface area contributed by atoms with Gasteiger partial charge in [0.25, 0.3) is 0 Å². The molecule has 0 aliphatic heterocycles. The number of rotatable bonds is 44. The van der Waals surface area contributed by atoms with Gasteiger partial charge in [-0.15, -0.1) is 0 Å². The van der Waals surface area contributed by atoms with Crippen LogP contribution in [-0.4, -0.2) is 41.0 Å². The summed E-state index contributed by atoms with van der Waals surface area (Å²) in [6.07, 6.45) is 48.1. The van der Waals surface area contributed by atoms with E-state index in [0.29, 0.717) is 12.8 Å². The SMILES string of the molecule is CCCCCCCCCCCCC/C=C/CCC(=O)OC[C@H](COP(=O)(O)O)OC(=O)CCCCCCCCCCCCCCCCCCCCCCCC. The summed E-state index contributed by atoms with van der Waals surface area (Å²) in [5, 5.41) is 0. The molecule has 0 heterocycles. The van der Waals surface area contributed by atoms with Gasteiger partial charge in [0, 0.05) is 12.8 Å². The molecular weight excluding hydrogens is 711 g/mol. The van der Waals surface area contributed by atoms with Gasteiger partial charge in [-0.25, -0.2) is 4.57 Å². The zero-order valence-electron chi connectivity index (χ0n) is 36.1. The zero-order valence-corrected chi connectivity index (χ0v) is 37.0. The summed E-state index contributed by atoms with van der Waals surface area (Å²) in [4.78, 5) is 42.9. The van der Waals surface area contributed by atoms with Crippen LogP contribution in [0, 0.1) is 0 Å². The molecular formula is C46H89O8P. The van der Waals surface area contributed by atoms with Crippen LogP contribution in [0.1, 0.15) is 251 Å². The first-order chi connectivity index (χ1) is 26.8. The highest BCUT2D eigenvalue weighted by molar-refractivity contribution is 7.46. The number of allylic oxidation sites excluding steroid dienone is 2. The van der Waals surface area contributed by atoms with Crippen LogP contribution >= 0.6 is 7.82 Å². The van der Waals surface area contributed by atoms with Crippen LogP contribution in [0.3, 0.4) is 0 Å². The molecule has 0 saturated carbocycles. The van der Waals surface area contributed by atoms with E-state index in [2.05, 4.69) is 24.4 Å². The Balaban J connectivity index is 3.82. The molecule has 0 radical (unpaired) electrons. The van der Waals surface area contributed by atoms with Crippen molar-refractivity contribution in [2.24, 2.45) is 0 Å². The van der Waals surface area contributed by atoms with E-state index < -0.39 is 32.5 Å². The first-order valence-corrected chi connectivity index (χ1v) is 25.0. The Bertz CT molecular complexity index is 904. The molecule has 0 fully saturated rings. The summed E-state index contributed by atoms with van der Waals surface area (Å²) in [6.45, 7) is 3.69. The quantitative estimate of drug-likeness (QED) is 0.0271. The molecule has 1 atom stereocenters. The third-order valence-corrected chi connectivity index (χ3v) is 11.0. The first-order valence-electron chi connectivity index (χ1n) is 23.5. The van der Waals surface area contributed by atoms with E-state index >= 15 is 0 Å². The number of phosphoric ester groups is 1. The second-order valence-corrected chi connectivity index (χ2v) is 17.3. The highest BCUT2D eigenvalue weighted by Crippen LogP contribution is 2.36. The Morgan fingerprint density at radius 3 is 1.18 bits per heavy atom. The van der Waals surface area contributed by atoms with Crippen molar-refractivity contribution >= 4 is 19.8 Å². The molecule has 0 bridgehead atoms. The summed E-state index contributed by atoms with van der Waals surface area (Å²) in [7, 11) is -4.76. The van der Waals surface area contributed by atoms with E-state index in [0.717, 1.165) is 32.1 Å². The lowest BCUT2D eigenvalue weighted by Gasteiger charge is -2.18. The van der Waals surface area contributed by atoms with Gasteiger partial charge in [-0.3, -0.25) is 14.1 Å². The maximum atomic E-state index is 12.4. The van der Waals surface area contributed by atoms with Gasteiger partial charge < -0.3 is 19.3 Å². The fraction of sp³-hybridized carbons (Fsp3) is 0.913. The third kappa shape index (κ3) is 45.4. The summed E-state index contributed by atoms with van der Waals surface area (Å²) in [5.74, 6) is -0.926. The standard InChI is InChI=1S/C46H89O8P/c1-3-5-7-9-11-13-15-17-19-20-21-22-23-24-25-27-29-31-33-35-37-39-41-46(48)54-44(43-53-55(49,50)51)42-52-45(47)40-38-36-34-32-30-28-26-18-16-14-12-10-8-6-4-2/h34,36,44H,3-33,35,37-43H2,1-2H3,(H2,49,50,51)/b36-34+/t44-/m1/s1. The van der Waals surface area contributed by atoms with Gasteiger partial charge in [0.05, 0.1) is 6.61 Å². The lowest BCUT2D eigenvalue weighted by Crippen LogP contribution is -2.29. The maximum absolute atomic E-state index is 12.4. The fourth-order valence-corrected chi connectivity index (χ4v) is 7.40. The van der Waals surface area contributed by atoms with Gasteiger partial charge >= 0.3 is 19.8 Å². The topological polar surface area (TPSA) is 119 Å². The van der Waals surface area contributed by atoms with Crippen LogP contribution in [-0.2, 0) is 28.2 Å². The van der Waals surface area contributed by atoms with Gasteiger partial charge in [-0.05, 0) is 25.7 Å². The Morgan fingerprint density at radius 2 is 0.800 bits per heavy atom. The van der Waals surface area contributed by atoms with Crippen molar-refractivity contribution in [2.75, 3.05) is 13.2 Å². The molecule has 0 aromatic carbocycles. The van der Waals surface area contributed by atoms with E-state index in [1.165, 1.54) is 180 Å². The minimum absolute atomic E-state index is 0.189. The molecule has 0 aromatic rings. The Morgan fingerprint density at radius 1 is 0.455 bits per heavy atom. The number of hydrogen-bond donors (Lipinski definition) is 2. The van der Waals surface area contributed by atoms with Crippen molar-refractivity contribution in [3.05, 3.63) is 12.2 Å². The molecule has 55 heavy (non-hydrogen) atoms. The minimum Gasteiger partial charge on any atom is -0.462 e. The van der Waals surface area contributed by atoms with Crippen molar-refractivity contribution < 1.29 is 37.9 Å². The average Bonchev–Trinajstić information content (AvgIpc) is 3.16. The van der Waals surface area contributed by atoms with Crippen LogP contribution in [0.15, 0.2) is 12.2 Å². The van der Waals surface area contributed by atoms with E-state index in [9.17, 15) is 14.2 Å². The monoisotopic (exact) mass is 801 g/mol. The second kappa shape index (κ2) is 42.4.